The van der Waals surface area contributed by atoms with Gasteiger partial charge in [0.2, 0.25) is 5.91 Å². The van der Waals surface area contributed by atoms with Gasteiger partial charge in [0.25, 0.3) is 5.91 Å². The van der Waals surface area contributed by atoms with Crippen molar-refractivity contribution in [1.29, 1.82) is 0 Å². The van der Waals surface area contributed by atoms with E-state index in [1.54, 1.807) is 7.05 Å². The van der Waals surface area contributed by atoms with Crippen LogP contribution in [0.15, 0.2) is 29.3 Å². The van der Waals surface area contributed by atoms with Gasteiger partial charge in [0.1, 0.15) is 0 Å². The predicted molar refractivity (Wildman–Crippen MR) is 128 cm³/mol. The van der Waals surface area contributed by atoms with Gasteiger partial charge in [-0.1, -0.05) is 25.0 Å². The van der Waals surface area contributed by atoms with Crippen LogP contribution in [0, 0.1) is 5.92 Å². The number of guanidine groups is 1. The second-order valence-corrected chi connectivity index (χ2v) is 9.08. The summed E-state index contributed by atoms with van der Waals surface area (Å²) in [7, 11) is 5.71. The molecule has 1 atom stereocenters. The monoisotopic (exact) mass is 442 g/mol. The van der Waals surface area contributed by atoms with Crippen LogP contribution in [0.3, 0.4) is 0 Å². The molecule has 0 aromatic heterocycles. The number of hydrogen-bond donors (Lipinski definition) is 3. The number of aliphatic imine (C=N–C) groups is 1. The summed E-state index contributed by atoms with van der Waals surface area (Å²) in [6.07, 6.45) is 5.39. The lowest BCUT2D eigenvalue weighted by molar-refractivity contribution is -0.134. The van der Waals surface area contributed by atoms with E-state index in [9.17, 15) is 9.59 Å². The topological polar surface area (TPSA) is 89.1 Å². The summed E-state index contributed by atoms with van der Waals surface area (Å²) in [6.45, 7) is 3.54. The fraction of sp³-hybridized carbons (Fsp3) is 0.625. The zero-order chi connectivity index (χ0) is 22.9. The molecule has 1 aromatic rings. The van der Waals surface area contributed by atoms with E-state index in [0.29, 0.717) is 30.5 Å². The van der Waals surface area contributed by atoms with Crippen molar-refractivity contribution in [2.45, 2.75) is 44.7 Å². The Morgan fingerprint density at radius 3 is 2.66 bits per heavy atom. The van der Waals surface area contributed by atoms with Crippen LogP contribution >= 0.6 is 0 Å². The third-order valence-corrected chi connectivity index (χ3v) is 6.26. The van der Waals surface area contributed by atoms with E-state index < -0.39 is 0 Å². The van der Waals surface area contributed by atoms with Gasteiger partial charge in [-0.05, 0) is 51.1 Å². The molecule has 3 rings (SSSR count). The number of hydrogen-bond acceptors (Lipinski definition) is 4. The number of carbonyl (C=O) groups is 2. The Labute approximate surface area is 191 Å². The lowest BCUT2D eigenvalue weighted by Crippen LogP contribution is -2.45. The number of likely N-dealkylation sites (N-methyl/N-ethyl adjacent to an activating group) is 1. The molecule has 1 aliphatic heterocycles. The van der Waals surface area contributed by atoms with E-state index >= 15 is 0 Å². The molecule has 176 valence electrons. The Kier molecular flexibility index (Phi) is 8.90. The molecule has 8 nitrogen and oxygen atoms in total. The summed E-state index contributed by atoms with van der Waals surface area (Å²) in [5.74, 6) is 1.22. The fourth-order valence-electron chi connectivity index (χ4n) is 4.40. The second-order valence-electron chi connectivity index (χ2n) is 9.08. The molecule has 1 unspecified atom stereocenters. The van der Waals surface area contributed by atoms with Gasteiger partial charge in [0, 0.05) is 57.3 Å². The minimum absolute atomic E-state index is 0.0609. The zero-order valence-corrected chi connectivity index (χ0v) is 19.7. The zero-order valence-electron chi connectivity index (χ0n) is 19.7. The van der Waals surface area contributed by atoms with Crippen LogP contribution in [0.1, 0.15) is 48.0 Å². The molecule has 2 amide bonds. The van der Waals surface area contributed by atoms with Crippen LogP contribution in [0.25, 0.3) is 0 Å². The van der Waals surface area contributed by atoms with Crippen LogP contribution in [0.2, 0.25) is 0 Å². The number of nitrogens with one attached hydrogen (secondary N) is 3. The van der Waals surface area contributed by atoms with E-state index in [1.807, 2.05) is 48.2 Å². The van der Waals surface area contributed by atoms with Gasteiger partial charge in [-0.2, -0.15) is 0 Å². The van der Waals surface area contributed by atoms with Crippen LogP contribution < -0.4 is 16.0 Å². The molecular weight excluding hydrogens is 404 g/mol. The highest BCUT2D eigenvalue weighted by Gasteiger charge is 2.32. The molecule has 0 spiro atoms. The summed E-state index contributed by atoms with van der Waals surface area (Å²) in [5, 5.41) is 9.73. The first-order valence-electron chi connectivity index (χ1n) is 11.7. The van der Waals surface area contributed by atoms with Crippen LogP contribution in [-0.4, -0.2) is 80.9 Å². The van der Waals surface area contributed by atoms with Crippen molar-refractivity contribution in [2.75, 3.05) is 47.3 Å². The Hall–Kier alpha value is -2.61. The van der Waals surface area contributed by atoms with Crippen molar-refractivity contribution in [1.82, 2.24) is 25.8 Å². The van der Waals surface area contributed by atoms with E-state index in [2.05, 4.69) is 20.9 Å². The summed E-state index contributed by atoms with van der Waals surface area (Å²) < 4.78 is 0. The minimum Gasteiger partial charge on any atom is -0.352 e. The predicted octanol–water partition coefficient (Wildman–Crippen LogP) is 1.43. The summed E-state index contributed by atoms with van der Waals surface area (Å²) in [5.41, 5.74) is 1.67. The molecule has 8 heteroatoms. The first-order chi connectivity index (χ1) is 15.5. The highest BCUT2D eigenvalue weighted by molar-refractivity contribution is 5.94. The molecule has 2 aliphatic rings. The van der Waals surface area contributed by atoms with Crippen molar-refractivity contribution < 1.29 is 9.59 Å². The van der Waals surface area contributed by atoms with Crippen molar-refractivity contribution in [3.63, 3.8) is 0 Å². The molecule has 0 radical (unpaired) electrons. The normalized spacial score (nSPS) is 19.4. The van der Waals surface area contributed by atoms with Gasteiger partial charge in [-0.15, -0.1) is 0 Å². The quantitative estimate of drug-likeness (QED) is 0.419. The highest BCUT2D eigenvalue weighted by Crippen LogP contribution is 2.27. The van der Waals surface area contributed by atoms with Gasteiger partial charge >= 0.3 is 0 Å². The Morgan fingerprint density at radius 1 is 1.16 bits per heavy atom. The lowest BCUT2D eigenvalue weighted by atomic mass is 10.1. The maximum Gasteiger partial charge on any atom is 0.251 e. The van der Waals surface area contributed by atoms with Crippen molar-refractivity contribution >= 4 is 17.8 Å². The molecule has 0 bridgehead atoms. The molecule has 32 heavy (non-hydrogen) atoms. The third-order valence-electron chi connectivity index (χ3n) is 6.26. The molecule has 3 N–H and O–H groups in total. The largest absolute Gasteiger partial charge is 0.352 e. The standard InChI is InChI=1S/C24H38N6O2/c1-25-24(28-21-11-13-30(17-21)23(32)19-8-4-5-9-19)27-16-18-7-6-10-20(15-18)22(31)26-12-14-29(2)3/h6-7,10,15,19,21H,4-5,8-9,11-14,16-17H2,1-3H3,(H,26,31)(H2,25,27,28). The first kappa shape index (κ1) is 24.0. The molecule has 2 fully saturated rings. The van der Waals surface area contributed by atoms with Crippen molar-refractivity contribution in [2.24, 2.45) is 10.9 Å². The van der Waals surface area contributed by atoms with Gasteiger partial charge in [-0.3, -0.25) is 14.6 Å². The molecule has 1 saturated carbocycles. The number of benzene rings is 1. The van der Waals surface area contributed by atoms with Crippen LogP contribution in [0.4, 0.5) is 0 Å². The van der Waals surface area contributed by atoms with Crippen molar-refractivity contribution in [3.05, 3.63) is 35.4 Å². The molecular formula is C24H38N6O2. The van der Waals surface area contributed by atoms with Crippen LogP contribution in [0.5, 0.6) is 0 Å². The smallest absolute Gasteiger partial charge is 0.251 e. The summed E-state index contributed by atoms with van der Waals surface area (Å²) >= 11 is 0. The van der Waals surface area contributed by atoms with Gasteiger partial charge in [-0.25, -0.2) is 0 Å². The molecule has 1 aliphatic carbocycles. The van der Waals surface area contributed by atoms with E-state index in [-0.39, 0.29) is 17.9 Å². The van der Waals surface area contributed by atoms with Gasteiger partial charge < -0.3 is 25.8 Å². The van der Waals surface area contributed by atoms with Gasteiger partial charge in [0.05, 0.1) is 0 Å². The summed E-state index contributed by atoms with van der Waals surface area (Å²) in [4.78, 5) is 33.4. The molecule has 1 heterocycles. The Bertz CT molecular complexity index is 803. The average molecular weight is 443 g/mol. The van der Waals surface area contributed by atoms with E-state index in [4.69, 9.17) is 0 Å². The average Bonchev–Trinajstić information content (AvgIpc) is 3.48. The number of amides is 2. The Morgan fingerprint density at radius 2 is 1.94 bits per heavy atom. The molecule has 1 aromatic carbocycles. The van der Waals surface area contributed by atoms with Gasteiger partial charge in [0.15, 0.2) is 5.96 Å². The number of nitrogens with zero attached hydrogens (tertiary/aromatic N) is 3. The number of carbonyl (C=O) groups excluding carboxylic acids is 2. The summed E-state index contributed by atoms with van der Waals surface area (Å²) in [6, 6.07) is 7.84. The lowest BCUT2D eigenvalue weighted by Gasteiger charge is -2.21. The molecule has 1 saturated heterocycles. The maximum absolute atomic E-state index is 12.7. The van der Waals surface area contributed by atoms with Crippen LogP contribution in [-0.2, 0) is 11.3 Å². The fourth-order valence-corrected chi connectivity index (χ4v) is 4.40. The third kappa shape index (κ3) is 6.95. The van der Waals surface area contributed by atoms with Crippen molar-refractivity contribution in [3.8, 4) is 0 Å². The highest BCUT2D eigenvalue weighted by atomic mass is 16.2. The maximum atomic E-state index is 12.7. The minimum atomic E-state index is -0.0609. The Balaban J connectivity index is 1.45. The van der Waals surface area contributed by atoms with E-state index in [1.165, 1.54) is 12.8 Å². The SMILES string of the molecule is CN=C(NCc1cccc(C(=O)NCCN(C)C)c1)NC1CCN(C(=O)C2CCCC2)C1. The first-order valence-corrected chi connectivity index (χ1v) is 11.7. The second kappa shape index (κ2) is 11.9. The number of rotatable bonds is 8. The van der Waals surface area contributed by atoms with E-state index in [0.717, 1.165) is 44.5 Å². The number of likely N-dealkylation sites (tertiary alicyclic amines) is 1.